The maximum Gasteiger partial charge on any atom is 0.242 e. The number of rotatable bonds is 12. The number of carbonyl (C=O) groups excluding carboxylic acids is 2. The Morgan fingerprint density at radius 2 is 1.73 bits per heavy atom. The summed E-state index contributed by atoms with van der Waals surface area (Å²) in [5.74, 6) is 0.693. The smallest absolute Gasteiger partial charge is 0.242 e. The molecule has 1 N–H and O–H groups in total. The molecule has 30 heavy (non-hydrogen) atoms. The summed E-state index contributed by atoms with van der Waals surface area (Å²) < 4.78 is 5.70. The minimum atomic E-state index is -0.472. The summed E-state index contributed by atoms with van der Waals surface area (Å²) >= 11 is 0. The van der Waals surface area contributed by atoms with Crippen molar-refractivity contribution in [1.82, 2.24) is 10.2 Å². The molecule has 0 bridgehead atoms. The summed E-state index contributed by atoms with van der Waals surface area (Å²) in [6, 6.07) is 17.2. The average molecular weight is 411 g/mol. The predicted molar refractivity (Wildman–Crippen MR) is 120 cm³/mol. The number of nitrogens with zero attached hydrogens (tertiary/aromatic N) is 1. The molecule has 0 radical (unpaired) electrons. The fourth-order valence-electron chi connectivity index (χ4n) is 3.25. The van der Waals surface area contributed by atoms with Crippen LogP contribution >= 0.6 is 0 Å². The van der Waals surface area contributed by atoms with E-state index in [4.69, 9.17) is 4.74 Å². The van der Waals surface area contributed by atoms with E-state index in [-0.39, 0.29) is 11.8 Å². The van der Waals surface area contributed by atoms with Crippen LogP contribution in [0.15, 0.2) is 54.6 Å². The maximum absolute atomic E-state index is 13.1. The van der Waals surface area contributed by atoms with E-state index in [0.29, 0.717) is 39.0 Å². The standard InChI is InChI=1S/C25H34N2O3/c1-4-17-26-25(29)23(5-2)27(19-21-15-13-20(3)14-16-21)24(28)12-9-18-30-22-10-7-6-8-11-22/h6-8,10-11,13-16,23H,4-5,9,12,17-19H2,1-3H3,(H,26,29)/t23-/m0/s1. The summed E-state index contributed by atoms with van der Waals surface area (Å²) in [7, 11) is 0. The van der Waals surface area contributed by atoms with Crippen molar-refractivity contribution in [2.24, 2.45) is 0 Å². The van der Waals surface area contributed by atoms with Gasteiger partial charge in [-0.15, -0.1) is 0 Å². The van der Waals surface area contributed by atoms with E-state index in [1.54, 1.807) is 4.90 Å². The van der Waals surface area contributed by atoms with Gasteiger partial charge in [-0.1, -0.05) is 61.9 Å². The van der Waals surface area contributed by atoms with Crippen molar-refractivity contribution in [3.63, 3.8) is 0 Å². The maximum atomic E-state index is 13.1. The molecule has 0 heterocycles. The highest BCUT2D eigenvalue weighted by Crippen LogP contribution is 2.16. The fraction of sp³-hybridized carbons (Fsp3) is 0.440. The summed E-state index contributed by atoms with van der Waals surface area (Å²) in [6.07, 6.45) is 2.39. The number of nitrogens with one attached hydrogen (secondary N) is 1. The molecule has 2 rings (SSSR count). The van der Waals surface area contributed by atoms with E-state index in [1.807, 2.05) is 75.4 Å². The molecule has 1 atom stereocenters. The molecular weight excluding hydrogens is 376 g/mol. The highest BCUT2D eigenvalue weighted by atomic mass is 16.5. The molecule has 0 aromatic heterocycles. The van der Waals surface area contributed by atoms with Gasteiger partial charge in [0.05, 0.1) is 6.61 Å². The Kier molecular flexibility index (Phi) is 9.92. The van der Waals surface area contributed by atoms with Crippen LogP contribution in [0.3, 0.4) is 0 Å². The largest absolute Gasteiger partial charge is 0.494 e. The van der Waals surface area contributed by atoms with E-state index < -0.39 is 6.04 Å². The number of ether oxygens (including phenoxy) is 1. The monoisotopic (exact) mass is 410 g/mol. The molecule has 0 fully saturated rings. The molecule has 0 spiro atoms. The van der Waals surface area contributed by atoms with Crippen LogP contribution in [0.4, 0.5) is 0 Å². The predicted octanol–water partition coefficient (Wildman–Crippen LogP) is 4.49. The lowest BCUT2D eigenvalue weighted by molar-refractivity contribution is -0.141. The van der Waals surface area contributed by atoms with Gasteiger partial charge in [0.2, 0.25) is 11.8 Å². The van der Waals surface area contributed by atoms with E-state index in [0.717, 1.165) is 17.7 Å². The van der Waals surface area contributed by atoms with Crippen molar-refractivity contribution in [1.29, 1.82) is 0 Å². The van der Waals surface area contributed by atoms with E-state index >= 15 is 0 Å². The molecule has 0 aliphatic heterocycles. The Morgan fingerprint density at radius 1 is 1.03 bits per heavy atom. The number of amides is 2. The molecule has 5 heteroatoms. The molecule has 2 aromatic rings. The van der Waals surface area contributed by atoms with Gasteiger partial charge in [0, 0.05) is 19.5 Å². The van der Waals surface area contributed by atoms with Gasteiger partial charge in [-0.25, -0.2) is 0 Å². The minimum absolute atomic E-state index is 0.0225. The molecule has 5 nitrogen and oxygen atoms in total. The lowest BCUT2D eigenvalue weighted by Gasteiger charge is -2.30. The van der Waals surface area contributed by atoms with Crippen LogP contribution in [0.2, 0.25) is 0 Å². The average Bonchev–Trinajstić information content (AvgIpc) is 2.77. The number of aryl methyl sites for hydroxylation is 1. The zero-order valence-corrected chi connectivity index (χ0v) is 18.4. The quantitative estimate of drug-likeness (QED) is 0.525. The Bertz CT molecular complexity index is 775. The molecule has 0 saturated carbocycles. The van der Waals surface area contributed by atoms with Gasteiger partial charge < -0.3 is 15.0 Å². The number of para-hydroxylation sites is 1. The third kappa shape index (κ3) is 7.54. The van der Waals surface area contributed by atoms with Crippen LogP contribution in [0.25, 0.3) is 0 Å². The molecule has 0 unspecified atom stereocenters. The van der Waals surface area contributed by atoms with Crippen LogP contribution in [0, 0.1) is 6.92 Å². The van der Waals surface area contributed by atoms with Gasteiger partial charge in [-0.3, -0.25) is 9.59 Å². The third-order valence-electron chi connectivity index (χ3n) is 4.96. The van der Waals surface area contributed by atoms with E-state index in [2.05, 4.69) is 5.32 Å². The Hall–Kier alpha value is -2.82. The molecule has 2 aromatic carbocycles. The zero-order valence-electron chi connectivity index (χ0n) is 18.4. The van der Waals surface area contributed by atoms with Crippen LogP contribution in [-0.4, -0.2) is 35.9 Å². The highest BCUT2D eigenvalue weighted by molar-refractivity contribution is 5.87. The number of benzene rings is 2. The molecule has 0 aliphatic carbocycles. The topological polar surface area (TPSA) is 58.6 Å². The minimum Gasteiger partial charge on any atom is -0.494 e. The number of hydrogen-bond donors (Lipinski definition) is 1. The summed E-state index contributed by atoms with van der Waals surface area (Å²) in [5, 5.41) is 2.94. The molecule has 162 valence electrons. The molecular formula is C25H34N2O3. The number of carbonyl (C=O) groups is 2. The lowest BCUT2D eigenvalue weighted by Crippen LogP contribution is -2.49. The van der Waals surface area contributed by atoms with Crippen molar-refractivity contribution < 1.29 is 14.3 Å². The van der Waals surface area contributed by atoms with Crippen molar-refractivity contribution in [2.75, 3.05) is 13.2 Å². The van der Waals surface area contributed by atoms with Gasteiger partial charge in [-0.2, -0.15) is 0 Å². The first-order valence-electron chi connectivity index (χ1n) is 10.9. The Balaban J connectivity index is 2.03. The van der Waals surface area contributed by atoms with Gasteiger partial charge >= 0.3 is 0 Å². The Morgan fingerprint density at radius 3 is 2.37 bits per heavy atom. The summed E-state index contributed by atoms with van der Waals surface area (Å²) in [6.45, 7) is 7.51. The molecule has 2 amide bonds. The first-order valence-corrected chi connectivity index (χ1v) is 10.9. The van der Waals surface area contributed by atoms with Crippen molar-refractivity contribution >= 4 is 11.8 Å². The molecule has 0 saturated heterocycles. The third-order valence-corrected chi connectivity index (χ3v) is 4.96. The van der Waals surface area contributed by atoms with Gasteiger partial charge in [0.15, 0.2) is 0 Å². The van der Waals surface area contributed by atoms with E-state index in [9.17, 15) is 9.59 Å². The SMILES string of the molecule is CCCNC(=O)[C@H](CC)N(Cc1ccc(C)cc1)C(=O)CCCOc1ccccc1. The van der Waals surface area contributed by atoms with Gasteiger partial charge in [0.1, 0.15) is 11.8 Å². The highest BCUT2D eigenvalue weighted by Gasteiger charge is 2.28. The van der Waals surface area contributed by atoms with Crippen molar-refractivity contribution in [3.8, 4) is 5.75 Å². The van der Waals surface area contributed by atoms with Gasteiger partial charge in [0.25, 0.3) is 0 Å². The fourth-order valence-corrected chi connectivity index (χ4v) is 3.25. The van der Waals surface area contributed by atoms with Crippen LogP contribution < -0.4 is 10.1 Å². The van der Waals surface area contributed by atoms with Crippen LogP contribution in [0.5, 0.6) is 5.75 Å². The summed E-state index contributed by atoms with van der Waals surface area (Å²) in [4.78, 5) is 27.5. The second-order valence-corrected chi connectivity index (χ2v) is 7.49. The van der Waals surface area contributed by atoms with E-state index in [1.165, 1.54) is 5.56 Å². The van der Waals surface area contributed by atoms with Crippen molar-refractivity contribution in [2.45, 2.75) is 59.0 Å². The molecule has 0 aliphatic rings. The first-order chi connectivity index (χ1) is 14.5. The van der Waals surface area contributed by atoms with Crippen molar-refractivity contribution in [3.05, 3.63) is 65.7 Å². The first kappa shape index (κ1) is 23.5. The van der Waals surface area contributed by atoms with Crippen LogP contribution in [0.1, 0.15) is 50.7 Å². The van der Waals surface area contributed by atoms with Gasteiger partial charge in [-0.05, 0) is 43.9 Å². The zero-order chi connectivity index (χ0) is 21.8. The lowest BCUT2D eigenvalue weighted by atomic mass is 10.1. The normalized spacial score (nSPS) is 11.6. The summed E-state index contributed by atoms with van der Waals surface area (Å²) in [5.41, 5.74) is 2.19. The second-order valence-electron chi connectivity index (χ2n) is 7.49. The number of hydrogen-bond acceptors (Lipinski definition) is 3. The Labute approximate surface area is 180 Å². The second kappa shape index (κ2) is 12.7. The van der Waals surface area contributed by atoms with Crippen LogP contribution in [-0.2, 0) is 16.1 Å².